The zero-order chi connectivity index (χ0) is 28.8. The molecule has 3 aromatic heterocycles. The molecule has 11 heteroatoms. The summed E-state index contributed by atoms with van der Waals surface area (Å²) >= 11 is 1.31. The monoisotopic (exact) mass is 570 g/mol. The SMILES string of the molecule is CCOC(=O)c1c(NC(=O)c2cc3nc(-c4ccccc4)cc(C(F)(F)F)n3n2)sc2c1CCC(C(C)(C)C)C2. The van der Waals surface area contributed by atoms with Crippen LogP contribution in [0.4, 0.5) is 18.2 Å². The van der Waals surface area contributed by atoms with Crippen LogP contribution in [0, 0.1) is 11.3 Å². The second kappa shape index (κ2) is 10.3. The lowest BCUT2D eigenvalue weighted by atomic mass is 9.72. The van der Waals surface area contributed by atoms with E-state index in [-0.39, 0.29) is 29.1 Å². The summed E-state index contributed by atoms with van der Waals surface area (Å²) in [6, 6.07) is 10.6. The van der Waals surface area contributed by atoms with E-state index >= 15 is 0 Å². The third kappa shape index (κ3) is 5.34. The molecule has 3 heterocycles. The number of carbonyl (C=O) groups is 2. The van der Waals surface area contributed by atoms with Crippen LogP contribution in [0.3, 0.4) is 0 Å². The summed E-state index contributed by atoms with van der Waals surface area (Å²) in [5.74, 6) is -0.870. The molecule has 40 heavy (non-hydrogen) atoms. The van der Waals surface area contributed by atoms with Crippen molar-refractivity contribution < 1.29 is 27.5 Å². The van der Waals surface area contributed by atoms with E-state index in [9.17, 15) is 22.8 Å². The second-order valence-electron chi connectivity index (χ2n) is 10.9. The van der Waals surface area contributed by atoms with E-state index in [4.69, 9.17) is 4.74 Å². The quantitative estimate of drug-likeness (QED) is 0.260. The van der Waals surface area contributed by atoms with Crippen LogP contribution in [0.15, 0.2) is 42.5 Å². The third-order valence-corrected chi connectivity index (χ3v) is 8.39. The molecule has 7 nitrogen and oxygen atoms in total. The number of amides is 1. The number of ether oxygens (including phenoxy) is 1. The number of hydrogen-bond donors (Lipinski definition) is 1. The number of aromatic nitrogens is 3. The topological polar surface area (TPSA) is 85.6 Å². The van der Waals surface area contributed by atoms with E-state index in [1.54, 1.807) is 37.3 Å². The minimum Gasteiger partial charge on any atom is -0.462 e. The van der Waals surface area contributed by atoms with E-state index in [1.807, 2.05) is 0 Å². The molecule has 0 fully saturated rings. The van der Waals surface area contributed by atoms with Crippen molar-refractivity contribution >= 4 is 33.9 Å². The van der Waals surface area contributed by atoms with Crippen molar-refractivity contribution in [3.63, 3.8) is 0 Å². The van der Waals surface area contributed by atoms with Crippen LogP contribution in [0.1, 0.15) is 71.1 Å². The molecule has 1 unspecified atom stereocenters. The summed E-state index contributed by atoms with van der Waals surface area (Å²) in [6.07, 6.45) is -2.40. The molecule has 4 aromatic rings. The third-order valence-electron chi connectivity index (χ3n) is 7.22. The predicted molar refractivity (Wildman–Crippen MR) is 147 cm³/mol. The zero-order valence-electron chi connectivity index (χ0n) is 22.6. The van der Waals surface area contributed by atoms with E-state index in [0.717, 1.165) is 29.3 Å². The highest BCUT2D eigenvalue weighted by Gasteiger charge is 2.37. The smallest absolute Gasteiger partial charge is 0.433 e. The molecule has 0 saturated carbocycles. The number of nitrogens with zero attached hydrogens (tertiary/aromatic N) is 3. The van der Waals surface area contributed by atoms with Gasteiger partial charge in [-0.2, -0.15) is 18.3 Å². The molecule has 0 aliphatic heterocycles. The number of esters is 1. The number of benzene rings is 1. The first-order chi connectivity index (χ1) is 18.9. The molecular weight excluding hydrogens is 541 g/mol. The molecule has 0 spiro atoms. The highest BCUT2D eigenvalue weighted by molar-refractivity contribution is 7.17. The Hall–Kier alpha value is -3.73. The summed E-state index contributed by atoms with van der Waals surface area (Å²) in [6.45, 7) is 8.42. The van der Waals surface area contributed by atoms with Crippen LogP contribution in [-0.4, -0.2) is 33.1 Å². The normalized spacial score (nSPS) is 15.6. The first-order valence-electron chi connectivity index (χ1n) is 13.0. The first kappa shape index (κ1) is 27.8. The van der Waals surface area contributed by atoms with Gasteiger partial charge in [0.05, 0.1) is 17.9 Å². The molecule has 1 aromatic carbocycles. The van der Waals surface area contributed by atoms with Crippen LogP contribution in [0.5, 0.6) is 0 Å². The Labute approximate surface area is 233 Å². The van der Waals surface area contributed by atoms with Crippen molar-refractivity contribution in [2.75, 3.05) is 11.9 Å². The Kier molecular flexibility index (Phi) is 7.20. The summed E-state index contributed by atoms with van der Waals surface area (Å²) in [5.41, 5.74) is 0.431. The van der Waals surface area contributed by atoms with Crippen molar-refractivity contribution in [1.29, 1.82) is 0 Å². The fourth-order valence-corrected chi connectivity index (χ4v) is 6.35. The van der Waals surface area contributed by atoms with Gasteiger partial charge in [0.2, 0.25) is 0 Å². The van der Waals surface area contributed by atoms with E-state index in [2.05, 4.69) is 36.2 Å². The van der Waals surface area contributed by atoms with Crippen molar-refractivity contribution in [2.45, 2.75) is 53.1 Å². The zero-order valence-corrected chi connectivity index (χ0v) is 23.4. The maximum Gasteiger partial charge on any atom is 0.433 e. The van der Waals surface area contributed by atoms with Gasteiger partial charge in [-0.3, -0.25) is 4.79 Å². The standard InChI is InChI=1S/C29H29F3N4O3S/c1-5-39-27(38)24-18-12-11-17(28(2,3)4)13-21(18)40-26(24)34-25(37)20-15-23-33-19(16-9-7-6-8-10-16)14-22(29(30,31)32)36(23)35-20/h6-10,14-15,17H,5,11-13H2,1-4H3,(H,34,37). The van der Waals surface area contributed by atoms with Crippen LogP contribution in [0.2, 0.25) is 0 Å². The Bertz CT molecular complexity index is 1590. The Morgan fingerprint density at radius 3 is 2.52 bits per heavy atom. The Morgan fingerprint density at radius 2 is 1.88 bits per heavy atom. The van der Waals surface area contributed by atoms with Crippen LogP contribution in [0.25, 0.3) is 16.9 Å². The molecule has 1 amide bonds. The van der Waals surface area contributed by atoms with Gasteiger partial charge >= 0.3 is 12.1 Å². The van der Waals surface area contributed by atoms with Crippen LogP contribution < -0.4 is 5.32 Å². The Balaban J connectivity index is 1.53. The summed E-state index contributed by atoms with van der Waals surface area (Å²) < 4.78 is 47.9. The second-order valence-corrected chi connectivity index (χ2v) is 12.0. The minimum atomic E-state index is -4.74. The highest BCUT2D eigenvalue weighted by Crippen LogP contribution is 2.44. The number of rotatable bonds is 5. The van der Waals surface area contributed by atoms with Crippen molar-refractivity contribution in [1.82, 2.24) is 14.6 Å². The number of anilines is 1. The van der Waals surface area contributed by atoms with E-state index < -0.39 is 23.7 Å². The Morgan fingerprint density at radius 1 is 1.15 bits per heavy atom. The fraction of sp³-hybridized carbons (Fsp3) is 0.379. The van der Waals surface area contributed by atoms with Gasteiger partial charge in [0, 0.05) is 16.5 Å². The number of alkyl halides is 3. The molecule has 0 saturated heterocycles. The molecule has 1 aliphatic rings. The molecule has 1 aliphatic carbocycles. The molecule has 210 valence electrons. The minimum absolute atomic E-state index is 0.0769. The average Bonchev–Trinajstić information content (AvgIpc) is 3.48. The average molecular weight is 571 g/mol. The number of thiophene rings is 1. The van der Waals surface area contributed by atoms with Crippen molar-refractivity contribution in [3.8, 4) is 11.3 Å². The first-order valence-corrected chi connectivity index (χ1v) is 13.8. The predicted octanol–water partition coefficient (Wildman–Crippen LogP) is 7.06. The summed E-state index contributed by atoms with van der Waals surface area (Å²) in [7, 11) is 0. The van der Waals surface area contributed by atoms with Gasteiger partial charge in [-0.05, 0) is 49.1 Å². The number of fused-ring (bicyclic) bond motifs is 2. The van der Waals surface area contributed by atoms with Crippen molar-refractivity contribution in [2.24, 2.45) is 11.3 Å². The summed E-state index contributed by atoms with van der Waals surface area (Å²) in [4.78, 5) is 31.6. The lowest BCUT2D eigenvalue weighted by Crippen LogP contribution is -2.26. The number of halogens is 3. The number of nitrogens with one attached hydrogen (secondary N) is 1. The lowest BCUT2D eigenvalue weighted by Gasteiger charge is -2.33. The van der Waals surface area contributed by atoms with Gasteiger partial charge in [-0.1, -0.05) is 51.1 Å². The van der Waals surface area contributed by atoms with Gasteiger partial charge in [0.15, 0.2) is 17.0 Å². The molecule has 0 radical (unpaired) electrons. The largest absolute Gasteiger partial charge is 0.462 e. The van der Waals surface area contributed by atoms with Crippen LogP contribution in [-0.2, 0) is 23.8 Å². The molecule has 1 N–H and O–H groups in total. The van der Waals surface area contributed by atoms with E-state index in [1.165, 1.54) is 17.4 Å². The maximum absolute atomic E-state index is 14.0. The van der Waals surface area contributed by atoms with Crippen LogP contribution >= 0.6 is 11.3 Å². The van der Waals surface area contributed by atoms with E-state index in [0.29, 0.717) is 33.0 Å². The van der Waals surface area contributed by atoms with Gasteiger partial charge in [-0.25, -0.2) is 14.3 Å². The van der Waals surface area contributed by atoms with Gasteiger partial charge in [0.25, 0.3) is 5.91 Å². The van der Waals surface area contributed by atoms with Gasteiger partial charge in [-0.15, -0.1) is 11.3 Å². The molecular formula is C29H29F3N4O3S. The molecule has 5 rings (SSSR count). The summed E-state index contributed by atoms with van der Waals surface area (Å²) in [5, 5.41) is 7.01. The lowest BCUT2D eigenvalue weighted by molar-refractivity contribution is -0.142. The fourth-order valence-electron chi connectivity index (χ4n) is 5.04. The number of carbonyl (C=O) groups excluding carboxylic acids is 2. The van der Waals surface area contributed by atoms with Gasteiger partial charge < -0.3 is 10.1 Å². The number of hydrogen-bond acceptors (Lipinski definition) is 6. The molecule has 0 bridgehead atoms. The van der Waals surface area contributed by atoms with Gasteiger partial charge in [0.1, 0.15) is 5.00 Å². The maximum atomic E-state index is 14.0. The molecule has 1 atom stereocenters. The van der Waals surface area contributed by atoms with Crippen molar-refractivity contribution in [3.05, 3.63) is 69.9 Å². The highest BCUT2D eigenvalue weighted by atomic mass is 32.1.